The molecular weight excluding hydrogens is 68.0 g/mol. The number of amides is 1. The average Bonchev–Trinajstić information content (AvgIpc) is 1.41. The van der Waals surface area contributed by atoms with Gasteiger partial charge < -0.3 is 0 Å². The molecule has 0 aromatic carbocycles. The van der Waals surface area contributed by atoms with Gasteiger partial charge in [-0.1, -0.05) is 0 Å². The molecule has 0 bridgehead atoms. The fourth-order valence-electron chi connectivity index (χ4n) is 0.0527. The van der Waals surface area contributed by atoms with Gasteiger partial charge in [-0.25, -0.2) is 5.43 Å². The number of rotatable bonds is 2. The summed E-state index contributed by atoms with van der Waals surface area (Å²) in [4.78, 5) is 9.18. The zero-order valence-electron chi connectivity index (χ0n) is 2.93. The number of carbonyl (C=O) groups excluding carboxylic acids is 1. The van der Waals surface area contributed by atoms with Gasteiger partial charge in [-0.3, -0.25) is 4.79 Å². The number of hydrogen-bond acceptors (Lipinski definition) is 2. The van der Waals surface area contributed by atoms with Crippen LogP contribution in [0.25, 0.3) is 0 Å². The molecule has 0 heterocycles. The van der Waals surface area contributed by atoms with Crippen molar-refractivity contribution in [2.45, 2.75) is 0 Å². The van der Waals surface area contributed by atoms with Gasteiger partial charge in [0.2, 0.25) is 6.41 Å². The van der Waals surface area contributed by atoms with Gasteiger partial charge in [-0.05, 0) is 0 Å². The van der Waals surface area contributed by atoms with Crippen LogP contribution >= 0.6 is 0 Å². The molecule has 0 rings (SSSR count). The maximum Gasteiger partial charge on any atom is 0.244 e. The second kappa shape index (κ2) is 3.43. The predicted molar refractivity (Wildman–Crippen MR) is 17.3 cm³/mol. The molecule has 0 aliphatic rings. The summed E-state index contributed by atoms with van der Waals surface area (Å²) in [6, 6.07) is 0. The number of nitrogens with zero attached hydrogens (tertiary/aromatic N) is 1. The molecule has 0 unspecified atom stereocenters. The van der Waals surface area contributed by atoms with E-state index < -0.39 is 0 Å². The van der Waals surface area contributed by atoms with Gasteiger partial charge in [0.1, 0.15) is 0 Å². The Bertz CT molecular complexity index is 28.8. The lowest BCUT2D eigenvalue weighted by molar-refractivity contribution is -0.110. The summed E-state index contributed by atoms with van der Waals surface area (Å²) < 4.78 is 0. The third-order valence-electron chi connectivity index (χ3n) is 0.182. The Morgan fingerprint density at radius 3 is 2.60 bits per heavy atom. The smallest absolute Gasteiger partial charge is 0.244 e. The lowest BCUT2D eigenvalue weighted by atomic mass is 11.3. The summed E-state index contributed by atoms with van der Waals surface area (Å²) in [6.45, 7) is 0. The number of hydrogen-bond donors (Lipinski definition) is 1. The highest BCUT2D eigenvalue weighted by molar-refractivity contribution is 5.44. The van der Waals surface area contributed by atoms with E-state index in [1.807, 2.05) is 0 Å². The molecule has 1 radical (unpaired) electrons. The van der Waals surface area contributed by atoms with Crippen molar-refractivity contribution in [1.29, 1.82) is 0 Å². The molecule has 3 heteroatoms. The molecule has 1 N–H and O–H groups in total. The monoisotopic (exact) mass is 73.0 g/mol. The number of carbonyl (C=O) groups is 1. The number of nitrogens with one attached hydrogen (secondary N) is 1. The molecule has 0 aliphatic carbocycles. The minimum Gasteiger partial charge on any atom is -0.275 e. The zero-order valence-corrected chi connectivity index (χ0v) is 2.93. The maximum atomic E-state index is 9.18. The van der Waals surface area contributed by atoms with Crippen LogP contribution in [0.4, 0.5) is 0 Å². The topological polar surface area (TPSA) is 43.2 Å². The minimum absolute atomic E-state index is 0.444. The van der Waals surface area contributed by atoms with E-state index in [0.717, 1.165) is 0 Å². The first-order chi connectivity index (χ1) is 2.41. The van der Waals surface area contributed by atoms with E-state index in [-0.39, 0.29) is 0 Å². The third-order valence-corrected chi connectivity index (χ3v) is 0.182. The molecule has 29 valence electrons. The Balaban J connectivity index is 2.40. The maximum absolute atomic E-state index is 9.18. The second-order valence-electron chi connectivity index (χ2n) is 0.458. The first-order valence-corrected chi connectivity index (χ1v) is 1.22. The summed E-state index contributed by atoms with van der Waals surface area (Å²) in [5.41, 5.74) is 5.32. The Kier molecular flexibility index (Phi) is 3.04. The molecule has 5 heavy (non-hydrogen) atoms. The van der Waals surface area contributed by atoms with E-state index in [0.29, 0.717) is 6.41 Å². The molecule has 0 spiro atoms. The largest absolute Gasteiger partial charge is 0.275 e. The molecule has 1 amide bonds. The fraction of sp³-hybridized carbons (Fsp3) is 0.500. The lowest BCUT2D eigenvalue weighted by Crippen LogP contribution is -2.16. The molecule has 3 nitrogen and oxygen atoms in total. The van der Waals surface area contributed by atoms with Gasteiger partial charge in [0.15, 0.2) is 0 Å². The van der Waals surface area contributed by atoms with Crippen LogP contribution in [0.3, 0.4) is 0 Å². The van der Waals surface area contributed by atoms with Gasteiger partial charge in [-0.2, -0.15) is 5.43 Å². The average molecular weight is 73.1 g/mol. The van der Waals surface area contributed by atoms with Crippen LogP contribution in [0.2, 0.25) is 0 Å². The SMILES string of the molecule is CN[N]C=O. The van der Waals surface area contributed by atoms with Crippen molar-refractivity contribution in [3.63, 3.8) is 0 Å². The van der Waals surface area contributed by atoms with Crippen LogP contribution in [0.15, 0.2) is 0 Å². The Morgan fingerprint density at radius 1 is 2.00 bits per heavy atom. The van der Waals surface area contributed by atoms with Crippen LogP contribution < -0.4 is 10.9 Å². The summed E-state index contributed by atoms with van der Waals surface area (Å²) in [5, 5.41) is 0. The van der Waals surface area contributed by atoms with E-state index in [1.165, 1.54) is 0 Å². The van der Waals surface area contributed by atoms with E-state index in [2.05, 4.69) is 10.9 Å². The van der Waals surface area contributed by atoms with Crippen molar-refractivity contribution in [2.24, 2.45) is 0 Å². The Morgan fingerprint density at radius 2 is 2.60 bits per heavy atom. The minimum atomic E-state index is 0.444. The highest BCUT2D eigenvalue weighted by atomic mass is 16.1. The van der Waals surface area contributed by atoms with Gasteiger partial charge in [0.25, 0.3) is 0 Å². The molecule has 0 aliphatic heterocycles. The highest BCUT2D eigenvalue weighted by Gasteiger charge is 1.60. The molecule has 0 fully saturated rings. The lowest BCUT2D eigenvalue weighted by Gasteiger charge is -1.77. The summed E-state index contributed by atoms with van der Waals surface area (Å²) in [6.07, 6.45) is 0.444. The fourth-order valence-corrected chi connectivity index (χ4v) is 0.0527. The Labute approximate surface area is 30.3 Å². The van der Waals surface area contributed by atoms with Crippen molar-refractivity contribution >= 4 is 6.41 Å². The van der Waals surface area contributed by atoms with Crippen LogP contribution in [0.1, 0.15) is 0 Å². The van der Waals surface area contributed by atoms with Crippen LogP contribution in [0, 0.1) is 0 Å². The quantitative estimate of drug-likeness (QED) is 0.332. The highest BCUT2D eigenvalue weighted by Crippen LogP contribution is 1.22. The van der Waals surface area contributed by atoms with Crippen LogP contribution in [-0.2, 0) is 4.79 Å². The summed E-state index contributed by atoms with van der Waals surface area (Å²) in [5.74, 6) is 0. The van der Waals surface area contributed by atoms with Crippen molar-refractivity contribution in [2.75, 3.05) is 7.05 Å². The van der Waals surface area contributed by atoms with Crippen LogP contribution in [0.5, 0.6) is 0 Å². The predicted octanol–water partition coefficient (Wildman–Crippen LogP) is -1.12. The van der Waals surface area contributed by atoms with Crippen LogP contribution in [-0.4, -0.2) is 13.5 Å². The normalized spacial score (nSPS) is 6.60. The third kappa shape index (κ3) is 3.43. The first-order valence-electron chi connectivity index (χ1n) is 1.22. The van der Waals surface area contributed by atoms with Gasteiger partial charge in [0.05, 0.1) is 0 Å². The van der Waals surface area contributed by atoms with Gasteiger partial charge >= 0.3 is 0 Å². The Hall–Kier alpha value is -0.570. The molecule has 0 saturated heterocycles. The second-order valence-corrected chi connectivity index (χ2v) is 0.458. The van der Waals surface area contributed by atoms with Crippen molar-refractivity contribution in [3.05, 3.63) is 0 Å². The van der Waals surface area contributed by atoms with E-state index >= 15 is 0 Å². The van der Waals surface area contributed by atoms with Crippen molar-refractivity contribution in [3.8, 4) is 0 Å². The standard InChI is InChI=1S/C2H5N2O/c1-3-4-2-5/h2-3H,1H3. The first kappa shape index (κ1) is 4.43. The summed E-state index contributed by atoms with van der Waals surface area (Å²) >= 11 is 0. The molecule has 0 aromatic rings. The van der Waals surface area contributed by atoms with Gasteiger partial charge in [0, 0.05) is 7.05 Å². The van der Waals surface area contributed by atoms with Gasteiger partial charge in [-0.15, -0.1) is 0 Å². The van der Waals surface area contributed by atoms with E-state index in [1.54, 1.807) is 7.05 Å². The van der Waals surface area contributed by atoms with E-state index in [9.17, 15) is 4.79 Å². The summed E-state index contributed by atoms with van der Waals surface area (Å²) in [7, 11) is 1.56. The molecule has 0 aromatic heterocycles. The van der Waals surface area contributed by atoms with E-state index in [4.69, 9.17) is 0 Å². The molecule has 0 saturated carbocycles. The zero-order chi connectivity index (χ0) is 4.12. The molecular formula is C2H5N2O. The van der Waals surface area contributed by atoms with Crippen molar-refractivity contribution in [1.82, 2.24) is 10.9 Å². The molecule has 0 atom stereocenters. The van der Waals surface area contributed by atoms with Crippen molar-refractivity contribution < 1.29 is 4.79 Å².